The van der Waals surface area contributed by atoms with E-state index in [-0.39, 0.29) is 24.3 Å². The molecule has 4 rings (SSSR count). The minimum atomic E-state index is -0.536. The largest absolute Gasteiger partial charge is 0.356 e. The highest BCUT2D eigenvalue weighted by molar-refractivity contribution is 5.87. The van der Waals surface area contributed by atoms with Crippen LogP contribution in [-0.4, -0.2) is 60.2 Å². The number of hydrogen-bond donors (Lipinski definition) is 1. The summed E-state index contributed by atoms with van der Waals surface area (Å²) in [5, 5.41) is 3.04. The Morgan fingerprint density at radius 1 is 0.970 bits per heavy atom. The lowest BCUT2D eigenvalue weighted by molar-refractivity contribution is -0.143. The van der Waals surface area contributed by atoms with Crippen molar-refractivity contribution in [1.82, 2.24) is 15.1 Å². The van der Waals surface area contributed by atoms with Crippen molar-refractivity contribution < 1.29 is 14.4 Å². The Balaban J connectivity index is 1.47. The molecule has 0 aromatic heterocycles. The van der Waals surface area contributed by atoms with Crippen molar-refractivity contribution in [2.24, 2.45) is 5.41 Å². The van der Waals surface area contributed by atoms with Crippen LogP contribution in [0.1, 0.15) is 38.2 Å². The van der Waals surface area contributed by atoms with Gasteiger partial charge in [-0.25, -0.2) is 0 Å². The Bertz CT molecular complexity index is 997. The molecular formula is C27H33N3O3. The zero-order chi connectivity index (χ0) is 23.3. The van der Waals surface area contributed by atoms with Crippen molar-refractivity contribution in [2.75, 3.05) is 32.7 Å². The summed E-state index contributed by atoms with van der Waals surface area (Å²) < 4.78 is 0. The lowest BCUT2D eigenvalue weighted by Crippen LogP contribution is -2.52. The van der Waals surface area contributed by atoms with E-state index >= 15 is 0 Å². The molecule has 1 N–H and O–H groups in total. The number of benzene rings is 2. The van der Waals surface area contributed by atoms with E-state index in [9.17, 15) is 14.4 Å². The molecular weight excluding hydrogens is 414 g/mol. The van der Waals surface area contributed by atoms with E-state index in [1.807, 2.05) is 30.0 Å². The molecule has 0 atom stereocenters. The van der Waals surface area contributed by atoms with Crippen molar-refractivity contribution in [1.29, 1.82) is 0 Å². The fraction of sp³-hybridized carbons (Fsp3) is 0.444. The van der Waals surface area contributed by atoms with Crippen molar-refractivity contribution in [3.63, 3.8) is 0 Å². The second kappa shape index (κ2) is 10.2. The summed E-state index contributed by atoms with van der Waals surface area (Å²) in [4.78, 5) is 41.4. The van der Waals surface area contributed by atoms with Crippen LogP contribution in [0.3, 0.4) is 0 Å². The fourth-order valence-electron chi connectivity index (χ4n) is 5.03. The maximum absolute atomic E-state index is 13.2. The van der Waals surface area contributed by atoms with E-state index in [0.717, 1.165) is 23.1 Å². The SMILES string of the molecule is CCNC(=O)C1(Cc2cccc(-c3ccccc3)c2)CCN(C(=O)CN2CCCC2=O)CC1. The first kappa shape index (κ1) is 23.0. The number of likely N-dealkylation sites (tertiary alicyclic amines) is 2. The van der Waals surface area contributed by atoms with Gasteiger partial charge in [0.1, 0.15) is 0 Å². The average Bonchev–Trinajstić information content (AvgIpc) is 3.24. The molecule has 0 spiro atoms. The number of carbonyl (C=O) groups is 3. The third kappa shape index (κ3) is 5.27. The molecule has 0 bridgehead atoms. The first-order valence-corrected chi connectivity index (χ1v) is 12.0. The van der Waals surface area contributed by atoms with E-state index in [4.69, 9.17) is 0 Å². The molecule has 2 aliphatic rings. The van der Waals surface area contributed by atoms with E-state index in [2.05, 4.69) is 41.7 Å². The molecule has 33 heavy (non-hydrogen) atoms. The molecule has 2 aromatic rings. The van der Waals surface area contributed by atoms with Gasteiger partial charge in [0, 0.05) is 32.6 Å². The second-order valence-electron chi connectivity index (χ2n) is 9.18. The smallest absolute Gasteiger partial charge is 0.242 e. The van der Waals surface area contributed by atoms with Gasteiger partial charge in [-0.1, -0.05) is 54.6 Å². The molecule has 2 aliphatic heterocycles. The first-order chi connectivity index (χ1) is 16.0. The van der Waals surface area contributed by atoms with Gasteiger partial charge < -0.3 is 15.1 Å². The Hall–Kier alpha value is -3.15. The number of carbonyl (C=O) groups excluding carboxylic acids is 3. The zero-order valence-corrected chi connectivity index (χ0v) is 19.4. The van der Waals surface area contributed by atoms with Gasteiger partial charge in [-0.2, -0.15) is 0 Å². The highest BCUT2D eigenvalue weighted by Gasteiger charge is 2.42. The van der Waals surface area contributed by atoms with Crippen molar-refractivity contribution in [2.45, 2.75) is 39.0 Å². The minimum Gasteiger partial charge on any atom is -0.356 e. The van der Waals surface area contributed by atoms with Crippen LogP contribution in [0.25, 0.3) is 11.1 Å². The topological polar surface area (TPSA) is 69.7 Å². The van der Waals surface area contributed by atoms with Gasteiger partial charge in [-0.3, -0.25) is 14.4 Å². The van der Waals surface area contributed by atoms with Gasteiger partial charge in [0.05, 0.1) is 12.0 Å². The maximum Gasteiger partial charge on any atom is 0.242 e. The molecule has 2 heterocycles. The van der Waals surface area contributed by atoms with Crippen LogP contribution >= 0.6 is 0 Å². The van der Waals surface area contributed by atoms with Gasteiger partial charge in [-0.05, 0) is 49.3 Å². The summed E-state index contributed by atoms with van der Waals surface area (Å²) in [6.07, 6.45) is 3.25. The van der Waals surface area contributed by atoms with Crippen molar-refractivity contribution in [3.8, 4) is 11.1 Å². The molecule has 6 heteroatoms. The summed E-state index contributed by atoms with van der Waals surface area (Å²) in [7, 11) is 0. The van der Waals surface area contributed by atoms with E-state index in [0.29, 0.717) is 51.9 Å². The Labute approximate surface area is 196 Å². The predicted octanol–water partition coefficient (Wildman–Crippen LogP) is 3.26. The van der Waals surface area contributed by atoms with Gasteiger partial charge in [0.15, 0.2) is 0 Å². The standard InChI is InChI=1S/C27H33N3O3/c1-2-28-26(33)27(19-21-8-6-11-23(18-21)22-9-4-3-5-10-22)13-16-29(17-14-27)25(32)20-30-15-7-12-24(30)31/h3-6,8-11,18H,2,7,12-17,19-20H2,1H3,(H,28,33). The molecule has 2 aromatic carbocycles. The first-order valence-electron chi connectivity index (χ1n) is 12.0. The Morgan fingerprint density at radius 3 is 2.36 bits per heavy atom. The molecule has 0 unspecified atom stereocenters. The molecule has 174 valence electrons. The normalized spacial score (nSPS) is 17.8. The van der Waals surface area contributed by atoms with Gasteiger partial charge in [0.25, 0.3) is 0 Å². The fourth-order valence-corrected chi connectivity index (χ4v) is 5.03. The lowest BCUT2D eigenvalue weighted by Gasteiger charge is -2.41. The van der Waals surface area contributed by atoms with Gasteiger partial charge in [-0.15, -0.1) is 0 Å². The van der Waals surface area contributed by atoms with Crippen molar-refractivity contribution in [3.05, 3.63) is 60.2 Å². The lowest BCUT2D eigenvalue weighted by atomic mass is 9.72. The van der Waals surface area contributed by atoms with E-state index in [1.165, 1.54) is 0 Å². The highest BCUT2D eigenvalue weighted by Crippen LogP contribution is 2.36. The molecule has 2 fully saturated rings. The van der Waals surface area contributed by atoms with Crippen molar-refractivity contribution >= 4 is 17.7 Å². The molecule has 0 aliphatic carbocycles. The van der Waals surface area contributed by atoms with Crippen LogP contribution < -0.4 is 5.32 Å². The molecule has 3 amide bonds. The third-order valence-electron chi connectivity index (χ3n) is 6.97. The summed E-state index contributed by atoms with van der Waals surface area (Å²) in [6.45, 7) is 4.43. The van der Waals surface area contributed by atoms with Crippen LogP contribution in [0.15, 0.2) is 54.6 Å². The monoisotopic (exact) mass is 447 g/mol. The predicted molar refractivity (Wildman–Crippen MR) is 128 cm³/mol. The number of amides is 3. The number of nitrogens with zero attached hydrogens (tertiary/aromatic N) is 2. The van der Waals surface area contributed by atoms with Crippen LogP contribution in [0, 0.1) is 5.41 Å². The molecule has 0 radical (unpaired) electrons. The number of piperidine rings is 1. The number of hydrogen-bond acceptors (Lipinski definition) is 3. The van der Waals surface area contributed by atoms with Crippen LogP contribution in [0.2, 0.25) is 0 Å². The number of nitrogens with one attached hydrogen (secondary N) is 1. The highest BCUT2D eigenvalue weighted by atomic mass is 16.2. The second-order valence-corrected chi connectivity index (χ2v) is 9.18. The van der Waals surface area contributed by atoms with Crippen LogP contribution in [0.5, 0.6) is 0 Å². The summed E-state index contributed by atoms with van der Waals surface area (Å²) in [6, 6.07) is 18.7. The van der Waals surface area contributed by atoms with Gasteiger partial charge in [0.2, 0.25) is 17.7 Å². The number of rotatable bonds is 7. The van der Waals surface area contributed by atoms with Crippen LogP contribution in [0.4, 0.5) is 0 Å². The summed E-state index contributed by atoms with van der Waals surface area (Å²) >= 11 is 0. The van der Waals surface area contributed by atoms with Crippen LogP contribution in [-0.2, 0) is 20.8 Å². The third-order valence-corrected chi connectivity index (χ3v) is 6.97. The van der Waals surface area contributed by atoms with E-state index < -0.39 is 5.41 Å². The Kier molecular flexibility index (Phi) is 7.11. The molecule has 2 saturated heterocycles. The Morgan fingerprint density at radius 2 is 1.70 bits per heavy atom. The average molecular weight is 448 g/mol. The zero-order valence-electron chi connectivity index (χ0n) is 19.4. The summed E-state index contributed by atoms with van der Waals surface area (Å²) in [5.74, 6) is 0.119. The quantitative estimate of drug-likeness (QED) is 0.708. The minimum absolute atomic E-state index is 0.0131. The summed E-state index contributed by atoms with van der Waals surface area (Å²) in [5.41, 5.74) is 2.89. The van der Waals surface area contributed by atoms with Gasteiger partial charge >= 0.3 is 0 Å². The molecule has 6 nitrogen and oxygen atoms in total. The van der Waals surface area contributed by atoms with E-state index in [1.54, 1.807) is 4.90 Å². The molecule has 0 saturated carbocycles. The maximum atomic E-state index is 13.2.